The standard InChI is InChI=1S/C23H31N3O4/c1-16-21(30-14-11-26-9-12-29-13-10-26)8-7-19(23(16)27)22-20(15-24-25-22)17-3-5-18(28-2)6-4-17/h3-8,20,22,24-25,27H,9-15H2,1-2H3. The lowest BCUT2D eigenvalue weighted by Crippen LogP contribution is -2.38. The predicted molar refractivity (Wildman–Crippen MR) is 115 cm³/mol. The van der Waals surface area contributed by atoms with Crippen molar-refractivity contribution in [3.05, 3.63) is 53.1 Å². The summed E-state index contributed by atoms with van der Waals surface area (Å²) in [6, 6.07) is 12.0. The summed E-state index contributed by atoms with van der Waals surface area (Å²) in [5.41, 5.74) is 9.41. The zero-order valence-electron chi connectivity index (χ0n) is 17.7. The first-order chi connectivity index (χ1) is 14.7. The van der Waals surface area contributed by atoms with E-state index in [9.17, 15) is 5.11 Å². The predicted octanol–water partition coefficient (Wildman–Crippen LogP) is 2.35. The minimum absolute atomic E-state index is 0.0282. The van der Waals surface area contributed by atoms with Crippen LogP contribution in [0.2, 0.25) is 0 Å². The van der Waals surface area contributed by atoms with Gasteiger partial charge in [-0.3, -0.25) is 10.3 Å². The lowest BCUT2D eigenvalue weighted by atomic mass is 9.87. The highest BCUT2D eigenvalue weighted by molar-refractivity contribution is 5.51. The fourth-order valence-corrected chi connectivity index (χ4v) is 4.17. The van der Waals surface area contributed by atoms with Gasteiger partial charge in [0.25, 0.3) is 0 Å². The average molecular weight is 414 g/mol. The van der Waals surface area contributed by atoms with E-state index in [1.807, 2.05) is 31.2 Å². The molecule has 2 aromatic carbocycles. The fourth-order valence-electron chi connectivity index (χ4n) is 4.17. The van der Waals surface area contributed by atoms with Gasteiger partial charge >= 0.3 is 0 Å². The summed E-state index contributed by atoms with van der Waals surface area (Å²) < 4.78 is 16.6. The molecule has 2 saturated heterocycles. The number of morpholine rings is 1. The van der Waals surface area contributed by atoms with Crippen LogP contribution >= 0.6 is 0 Å². The normalized spacial score (nSPS) is 22.2. The molecule has 7 nitrogen and oxygen atoms in total. The molecular weight excluding hydrogens is 382 g/mol. The number of hydrogen-bond donors (Lipinski definition) is 3. The molecule has 0 amide bonds. The Kier molecular flexibility index (Phi) is 6.74. The molecule has 2 aromatic rings. The van der Waals surface area contributed by atoms with Crippen LogP contribution in [0.4, 0.5) is 0 Å². The van der Waals surface area contributed by atoms with Crippen LogP contribution in [0.5, 0.6) is 17.2 Å². The molecule has 162 valence electrons. The Bertz CT molecular complexity index is 837. The second-order valence-corrected chi connectivity index (χ2v) is 7.81. The van der Waals surface area contributed by atoms with Gasteiger partial charge in [0.2, 0.25) is 0 Å². The molecule has 2 unspecified atom stereocenters. The van der Waals surface area contributed by atoms with Crippen molar-refractivity contribution in [1.82, 2.24) is 15.8 Å². The third-order valence-corrected chi connectivity index (χ3v) is 6.04. The number of phenolic OH excluding ortho intramolecular Hbond substituents is 1. The highest BCUT2D eigenvalue weighted by atomic mass is 16.5. The molecule has 0 aromatic heterocycles. The minimum Gasteiger partial charge on any atom is -0.507 e. The van der Waals surface area contributed by atoms with Gasteiger partial charge in [-0.05, 0) is 36.8 Å². The van der Waals surface area contributed by atoms with E-state index >= 15 is 0 Å². The zero-order chi connectivity index (χ0) is 20.9. The van der Waals surface area contributed by atoms with Crippen molar-refractivity contribution < 1.29 is 19.3 Å². The molecule has 2 aliphatic heterocycles. The number of rotatable bonds is 7. The van der Waals surface area contributed by atoms with Gasteiger partial charge in [-0.2, -0.15) is 0 Å². The summed E-state index contributed by atoms with van der Waals surface area (Å²) in [6.07, 6.45) is 0. The number of ether oxygens (including phenoxy) is 3. The van der Waals surface area contributed by atoms with E-state index in [1.54, 1.807) is 7.11 Å². The van der Waals surface area contributed by atoms with Gasteiger partial charge in [-0.15, -0.1) is 0 Å². The van der Waals surface area contributed by atoms with Gasteiger partial charge in [0.1, 0.15) is 23.9 Å². The Morgan fingerprint density at radius 2 is 1.90 bits per heavy atom. The maximum atomic E-state index is 10.9. The molecule has 0 bridgehead atoms. The third kappa shape index (κ3) is 4.54. The molecule has 0 radical (unpaired) electrons. The minimum atomic E-state index is -0.0282. The molecule has 0 saturated carbocycles. The quantitative estimate of drug-likeness (QED) is 0.643. The molecule has 2 atom stereocenters. The van der Waals surface area contributed by atoms with E-state index in [-0.39, 0.29) is 12.0 Å². The monoisotopic (exact) mass is 413 g/mol. The van der Waals surface area contributed by atoms with Crippen molar-refractivity contribution in [1.29, 1.82) is 0 Å². The Hall–Kier alpha value is -2.32. The molecule has 0 aliphatic carbocycles. The number of methoxy groups -OCH3 is 1. The van der Waals surface area contributed by atoms with Crippen LogP contribution in [0.3, 0.4) is 0 Å². The number of phenols is 1. The second kappa shape index (κ2) is 9.66. The molecule has 7 heteroatoms. The molecule has 2 aliphatic rings. The summed E-state index contributed by atoms with van der Waals surface area (Å²) in [4.78, 5) is 2.33. The van der Waals surface area contributed by atoms with Gasteiger partial charge in [-0.1, -0.05) is 12.1 Å². The Morgan fingerprint density at radius 1 is 1.13 bits per heavy atom. The first-order valence-electron chi connectivity index (χ1n) is 10.5. The van der Waals surface area contributed by atoms with Gasteiger partial charge in [-0.25, -0.2) is 5.43 Å². The first kappa shape index (κ1) is 20.9. The number of nitrogens with one attached hydrogen (secondary N) is 2. The fraction of sp³-hybridized carbons (Fsp3) is 0.478. The average Bonchev–Trinajstić information content (AvgIpc) is 3.27. The lowest BCUT2D eigenvalue weighted by Gasteiger charge is -2.26. The molecule has 30 heavy (non-hydrogen) atoms. The summed E-state index contributed by atoms with van der Waals surface area (Å²) >= 11 is 0. The molecule has 3 N–H and O–H groups in total. The SMILES string of the molecule is COc1ccc(C2CNNC2c2ccc(OCCN3CCOCC3)c(C)c2O)cc1. The van der Waals surface area contributed by atoms with Crippen LogP contribution in [0.15, 0.2) is 36.4 Å². The van der Waals surface area contributed by atoms with Gasteiger partial charge < -0.3 is 19.3 Å². The highest BCUT2D eigenvalue weighted by Crippen LogP contribution is 2.41. The molecule has 4 rings (SSSR count). The first-order valence-corrected chi connectivity index (χ1v) is 10.5. The number of hydrazine groups is 1. The van der Waals surface area contributed by atoms with Crippen molar-refractivity contribution in [3.63, 3.8) is 0 Å². The van der Waals surface area contributed by atoms with Gasteiger partial charge in [0.15, 0.2) is 0 Å². The Balaban J connectivity index is 1.45. The number of aromatic hydroxyl groups is 1. The van der Waals surface area contributed by atoms with E-state index in [0.29, 0.717) is 12.4 Å². The van der Waals surface area contributed by atoms with Crippen LogP contribution < -0.4 is 20.3 Å². The van der Waals surface area contributed by atoms with Crippen LogP contribution in [0.1, 0.15) is 28.7 Å². The van der Waals surface area contributed by atoms with E-state index in [0.717, 1.165) is 62.0 Å². The molecule has 2 heterocycles. The van der Waals surface area contributed by atoms with Crippen molar-refractivity contribution in [3.8, 4) is 17.2 Å². The Morgan fingerprint density at radius 3 is 2.63 bits per heavy atom. The van der Waals surface area contributed by atoms with Crippen LogP contribution in [-0.2, 0) is 4.74 Å². The van der Waals surface area contributed by atoms with E-state index in [2.05, 4.69) is 27.9 Å². The number of hydrogen-bond acceptors (Lipinski definition) is 7. The summed E-state index contributed by atoms with van der Waals surface area (Å²) in [6.45, 7) is 7.61. The van der Waals surface area contributed by atoms with Crippen LogP contribution in [0, 0.1) is 6.92 Å². The summed E-state index contributed by atoms with van der Waals surface area (Å²) in [7, 11) is 1.67. The van der Waals surface area contributed by atoms with E-state index in [1.165, 1.54) is 5.56 Å². The number of benzene rings is 2. The molecular formula is C23H31N3O4. The third-order valence-electron chi connectivity index (χ3n) is 6.04. The number of nitrogens with zero attached hydrogens (tertiary/aromatic N) is 1. The largest absolute Gasteiger partial charge is 0.507 e. The van der Waals surface area contributed by atoms with Crippen molar-refractivity contribution >= 4 is 0 Å². The van der Waals surface area contributed by atoms with Gasteiger partial charge in [0.05, 0.1) is 26.4 Å². The topological polar surface area (TPSA) is 75.2 Å². The highest BCUT2D eigenvalue weighted by Gasteiger charge is 2.32. The zero-order valence-corrected chi connectivity index (χ0v) is 17.7. The Labute approximate surface area is 177 Å². The smallest absolute Gasteiger partial charge is 0.127 e. The maximum absolute atomic E-state index is 10.9. The van der Waals surface area contributed by atoms with E-state index < -0.39 is 0 Å². The maximum Gasteiger partial charge on any atom is 0.127 e. The lowest BCUT2D eigenvalue weighted by molar-refractivity contribution is 0.0322. The molecule has 2 fully saturated rings. The summed E-state index contributed by atoms with van der Waals surface area (Å²) in [5, 5.41) is 10.9. The summed E-state index contributed by atoms with van der Waals surface area (Å²) in [5.74, 6) is 2.07. The second-order valence-electron chi connectivity index (χ2n) is 7.81. The molecule has 0 spiro atoms. The van der Waals surface area contributed by atoms with Crippen LogP contribution in [-0.4, -0.2) is 63.1 Å². The van der Waals surface area contributed by atoms with E-state index in [4.69, 9.17) is 14.2 Å². The van der Waals surface area contributed by atoms with Crippen molar-refractivity contribution in [2.24, 2.45) is 0 Å². The van der Waals surface area contributed by atoms with Gasteiger partial charge in [0, 0.05) is 43.2 Å². The van der Waals surface area contributed by atoms with Crippen molar-refractivity contribution in [2.45, 2.75) is 18.9 Å². The van der Waals surface area contributed by atoms with Crippen LogP contribution in [0.25, 0.3) is 0 Å². The van der Waals surface area contributed by atoms with Crippen molar-refractivity contribution in [2.75, 3.05) is 53.1 Å².